The standard InChI is InChI=1S/C22H31FN4O3S/c1-16(2)26-10-12-27(13-11-26)22(28)17-4-6-19(7-5-17)25(3)31(29,30)20-8-9-21(23)18(14-20)15-24/h8-9,14,16-17,19H,4-7,10-13H2,1-3H3. The summed E-state index contributed by atoms with van der Waals surface area (Å²) in [7, 11) is -2.33. The van der Waals surface area contributed by atoms with Crippen LogP contribution in [-0.2, 0) is 14.8 Å². The van der Waals surface area contributed by atoms with Crippen LogP contribution in [-0.4, -0.2) is 73.7 Å². The Morgan fingerprint density at radius 1 is 1.16 bits per heavy atom. The van der Waals surface area contributed by atoms with Gasteiger partial charge in [0.15, 0.2) is 0 Å². The molecular formula is C22H31FN4O3S. The average molecular weight is 451 g/mol. The molecule has 0 atom stereocenters. The third-order valence-electron chi connectivity index (χ3n) is 6.65. The zero-order chi connectivity index (χ0) is 22.8. The van der Waals surface area contributed by atoms with E-state index in [1.165, 1.54) is 17.4 Å². The summed E-state index contributed by atoms with van der Waals surface area (Å²) in [4.78, 5) is 17.2. The third-order valence-corrected chi connectivity index (χ3v) is 8.56. The minimum atomic E-state index is -3.85. The van der Waals surface area contributed by atoms with Gasteiger partial charge in [-0.25, -0.2) is 12.8 Å². The molecule has 31 heavy (non-hydrogen) atoms. The van der Waals surface area contributed by atoms with Gasteiger partial charge in [0.05, 0.1) is 10.5 Å². The molecule has 1 aromatic rings. The van der Waals surface area contributed by atoms with Crippen molar-refractivity contribution in [2.75, 3.05) is 33.2 Å². The van der Waals surface area contributed by atoms with E-state index in [9.17, 15) is 17.6 Å². The van der Waals surface area contributed by atoms with Gasteiger partial charge in [-0.05, 0) is 57.7 Å². The normalized spacial score (nSPS) is 23.2. The molecule has 7 nitrogen and oxygen atoms in total. The van der Waals surface area contributed by atoms with Gasteiger partial charge >= 0.3 is 0 Å². The lowest BCUT2D eigenvalue weighted by Gasteiger charge is -2.40. The summed E-state index contributed by atoms with van der Waals surface area (Å²) in [5.41, 5.74) is -0.290. The zero-order valence-corrected chi connectivity index (χ0v) is 19.2. The molecule has 0 bridgehead atoms. The summed E-state index contributed by atoms with van der Waals surface area (Å²) >= 11 is 0. The van der Waals surface area contributed by atoms with Gasteiger partial charge < -0.3 is 4.90 Å². The van der Waals surface area contributed by atoms with Crippen molar-refractivity contribution in [1.82, 2.24) is 14.1 Å². The fraction of sp³-hybridized carbons (Fsp3) is 0.636. The number of rotatable bonds is 5. The summed E-state index contributed by atoms with van der Waals surface area (Å²) < 4.78 is 40.8. The first-order valence-electron chi connectivity index (χ1n) is 10.9. The summed E-state index contributed by atoms with van der Waals surface area (Å²) in [5.74, 6) is -0.615. The van der Waals surface area contributed by atoms with Crippen LogP contribution in [0.1, 0.15) is 45.1 Å². The highest BCUT2D eigenvalue weighted by molar-refractivity contribution is 7.89. The number of nitriles is 1. The Morgan fingerprint density at radius 3 is 2.32 bits per heavy atom. The number of benzene rings is 1. The number of hydrogen-bond acceptors (Lipinski definition) is 5. The number of carbonyl (C=O) groups is 1. The maximum atomic E-state index is 13.6. The molecule has 1 amide bonds. The predicted molar refractivity (Wildman–Crippen MR) is 115 cm³/mol. The minimum absolute atomic E-state index is 0.0611. The number of piperazine rings is 1. The molecule has 1 saturated carbocycles. The highest BCUT2D eigenvalue weighted by Gasteiger charge is 2.36. The van der Waals surface area contributed by atoms with Crippen LogP contribution in [0.2, 0.25) is 0 Å². The molecule has 1 aliphatic heterocycles. The fourth-order valence-electron chi connectivity index (χ4n) is 4.52. The van der Waals surface area contributed by atoms with Gasteiger partial charge in [0.1, 0.15) is 11.9 Å². The van der Waals surface area contributed by atoms with Gasteiger partial charge in [-0.3, -0.25) is 9.69 Å². The second kappa shape index (κ2) is 9.63. The largest absolute Gasteiger partial charge is 0.340 e. The minimum Gasteiger partial charge on any atom is -0.340 e. The molecule has 0 radical (unpaired) electrons. The molecule has 0 spiro atoms. The Labute approximate surface area is 184 Å². The SMILES string of the molecule is CC(C)N1CCN(C(=O)C2CCC(N(C)S(=O)(=O)c3ccc(F)c(C#N)c3)CC2)CC1. The van der Waals surface area contributed by atoms with Crippen LogP contribution in [0.4, 0.5) is 4.39 Å². The lowest BCUT2D eigenvalue weighted by Crippen LogP contribution is -2.52. The number of halogens is 1. The van der Waals surface area contributed by atoms with E-state index in [2.05, 4.69) is 18.7 Å². The van der Waals surface area contributed by atoms with Gasteiger partial charge in [-0.15, -0.1) is 0 Å². The summed E-state index contributed by atoms with van der Waals surface area (Å²) in [6.07, 6.45) is 2.51. The molecule has 1 saturated heterocycles. The summed E-state index contributed by atoms with van der Waals surface area (Å²) in [6, 6.07) is 5.22. The van der Waals surface area contributed by atoms with Crippen LogP contribution in [0.5, 0.6) is 0 Å². The number of sulfonamides is 1. The van der Waals surface area contributed by atoms with E-state index >= 15 is 0 Å². The van der Waals surface area contributed by atoms with Crippen LogP contribution >= 0.6 is 0 Å². The average Bonchev–Trinajstić information content (AvgIpc) is 2.78. The molecule has 0 unspecified atom stereocenters. The third kappa shape index (κ3) is 5.08. The Hall–Kier alpha value is -2.02. The van der Waals surface area contributed by atoms with Crippen LogP contribution in [0, 0.1) is 23.1 Å². The lowest BCUT2D eigenvalue weighted by atomic mass is 9.85. The maximum absolute atomic E-state index is 13.6. The zero-order valence-electron chi connectivity index (χ0n) is 18.4. The Kier molecular flexibility index (Phi) is 7.35. The first-order valence-corrected chi connectivity index (χ1v) is 12.3. The first kappa shape index (κ1) is 23.6. The van der Waals surface area contributed by atoms with E-state index in [4.69, 9.17) is 5.26 Å². The van der Waals surface area contributed by atoms with Gasteiger partial charge in [-0.2, -0.15) is 9.57 Å². The Bertz CT molecular complexity index is 944. The monoisotopic (exact) mass is 450 g/mol. The lowest BCUT2D eigenvalue weighted by molar-refractivity contribution is -0.138. The molecule has 0 aromatic heterocycles. The van der Waals surface area contributed by atoms with Gasteiger partial charge in [0.25, 0.3) is 0 Å². The maximum Gasteiger partial charge on any atom is 0.243 e. The van der Waals surface area contributed by atoms with Crippen LogP contribution in [0.15, 0.2) is 23.1 Å². The highest BCUT2D eigenvalue weighted by atomic mass is 32.2. The Morgan fingerprint density at radius 2 is 1.77 bits per heavy atom. The van der Waals surface area contributed by atoms with Crippen molar-refractivity contribution in [1.29, 1.82) is 5.26 Å². The molecule has 1 heterocycles. The highest BCUT2D eigenvalue weighted by Crippen LogP contribution is 2.31. The van der Waals surface area contributed by atoms with E-state index in [0.29, 0.717) is 31.7 Å². The Balaban J connectivity index is 1.59. The molecule has 170 valence electrons. The van der Waals surface area contributed by atoms with Gasteiger partial charge in [0.2, 0.25) is 15.9 Å². The second-order valence-electron chi connectivity index (χ2n) is 8.74. The van der Waals surface area contributed by atoms with E-state index in [-0.39, 0.29) is 28.3 Å². The molecular weight excluding hydrogens is 419 g/mol. The van der Waals surface area contributed by atoms with Crippen molar-refractivity contribution in [3.8, 4) is 6.07 Å². The van der Waals surface area contributed by atoms with Crippen molar-refractivity contribution in [2.24, 2.45) is 5.92 Å². The summed E-state index contributed by atoms with van der Waals surface area (Å²) in [6.45, 7) is 7.60. The molecule has 2 fully saturated rings. The first-order chi connectivity index (χ1) is 14.6. The summed E-state index contributed by atoms with van der Waals surface area (Å²) in [5, 5.41) is 8.99. The van der Waals surface area contributed by atoms with Gasteiger partial charge in [-0.1, -0.05) is 0 Å². The molecule has 1 aliphatic carbocycles. The fourth-order valence-corrected chi connectivity index (χ4v) is 5.96. The van der Waals surface area contributed by atoms with Crippen molar-refractivity contribution >= 4 is 15.9 Å². The molecule has 9 heteroatoms. The van der Waals surface area contributed by atoms with Crippen molar-refractivity contribution in [2.45, 2.75) is 56.5 Å². The number of amides is 1. The quantitative estimate of drug-likeness (QED) is 0.688. The van der Waals surface area contributed by atoms with Crippen molar-refractivity contribution < 1.29 is 17.6 Å². The van der Waals surface area contributed by atoms with Gasteiger partial charge in [0, 0.05) is 51.2 Å². The van der Waals surface area contributed by atoms with E-state index in [1.54, 1.807) is 6.07 Å². The number of carbonyl (C=O) groups excluding carboxylic acids is 1. The van der Waals surface area contributed by atoms with Crippen LogP contribution in [0.25, 0.3) is 0 Å². The smallest absolute Gasteiger partial charge is 0.243 e. The van der Waals surface area contributed by atoms with E-state index < -0.39 is 15.8 Å². The van der Waals surface area contributed by atoms with Crippen molar-refractivity contribution in [3.63, 3.8) is 0 Å². The molecule has 0 N–H and O–H groups in total. The predicted octanol–water partition coefficient (Wildman–Crippen LogP) is 2.43. The van der Waals surface area contributed by atoms with E-state index in [0.717, 1.165) is 38.3 Å². The van der Waals surface area contributed by atoms with Crippen LogP contribution < -0.4 is 0 Å². The molecule has 2 aliphatic rings. The van der Waals surface area contributed by atoms with Crippen molar-refractivity contribution in [3.05, 3.63) is 29.6 Å². The topological polar surface area (TPSA) is 84.7 Å². The van der Waals surface area contributed by atoms with Crippen LogP contribution in [0.3, 0.4) is 0 Å². The molecule has 1 aromatic carbocycles. The molecule has 3 rings (SSSR count). The second-order valence-corrected chi connectivity index (χ2v) is 10.7. The van der Waals surface area contributed by atoms with E-state index in [1.807, 2.05) is 4.90 Å². The number of nitrogens with zero attached hydrogens (tertiary/aromatic N) is 4. The number of hydrogen-bond donors (Lipinski definition) is 0.